The van der Waals surface area contributed by atoms with Crippen molar-refractivity contribution in [1.29, 1.82) is 0 Å². The lowest BCUT2D eigenvalue weighted by atomic mass is 9.43. The number of carbonyl (C=O) groups excluding carboxylic acids is 3. The van der Waals surface area contributed by atoms with Crippen LogP contribution in [0.1, 0.15) is 245 Å². The highest BCUT2D eigenvalue weighted by atomic mass is 28.4. The quantitative estimate of drug-likeness (QED) is 0.0139. The van der Waals surface area contributed by atoms with Gasteiger partial charge in [-0.1, -0.05) is 134 Å². The Morgan fingerprint density at radius 3 is 1.85 bits per heavy atom. The maximum atomic E-state index is 17.5. The predicted octanol–water partition coefficient (Wildman–Crippen LogP) is 11.6. The fourth-order valence-electron chi connectivity index (χ4n) is 20.9. The number of unbranched alkanes of at least 4 members (excludes halogenated alkanes) is 7. The number of carboxylic acid groups (broad SMARTS) is 1. The first-order chi connectivity index (χ1) is 46.8. The Labute approximate surface area is 594 Å². The number of carbonyl (C=O) groups is 4. The van der Waals surface area contributed by atoms with Crippen molar-refractivity contribution >= 4 is 40.8 Å². The molecule has 1 amide bonds. The van der Waals surface area contributed by atoms with Crippen molar-refractivity contribution < 1.29 is 96.6 Å². The zero-order valence-corrected chi connectivity index (χ0v) is 65.2. The summed E-state index contributed by atoms with van der Waals surface area (Å²) in [6, 6.07) is 4.53. The van der Waals surface area contributed by atoms with Crippen LogP contribution >= 0.6 is 0 Å². The number of rotatable bonds is 33. The molecule has 99 heavy (non-hydrogen) atoms. The number of carboxylic acids is 1. The van der Waals surface area contributed by atoms with Crippen LogP contribution in [0.15, 0.2) is 0 Å². The molecule has 9 aliphatic rings. The van der Waals surface area contributed by atoms with Crippen LogP contribution in [0.3, 0.4) is 0 Å². The fraction of sp³-hybridized carbons (Fsp3) is 0.947. The van der Waals surface area contributed by atoms with E-state index in [2.05, 4.69) is 88.4 Å². The number of hydrogen-bond donors (Lipinski definition) is 7. The lowest BCUT2D eigenvalue weighted by Gasteiger charge is -2.65. The van der Waals surface area contributed by atoms with Crippen molar-refractivity contribution in [2.75, 3.05) is 13.2 Å². The molecule has 0 radical (unpaired) electrons. The predicted molar refractivity (Wildman–Crippen MR) is 378 cm³/mol. The molecule has 0 aromatic carbocycles. The molecule has 0 aromatic heterocycles. The molecule has 0 aromatic rings. The second-order valence-corrected chi connectivity index (χ2v) is 43.7. The van der Waals surface area contributed by atoms with Crippen LogP contribution in [0.2, 0.25) is 36.3 Å². The third kappa shape index (κ3) is 16.0. The van der Waals surface area contributed by atoms with Crippen LogP contribution in [0.4, 0.5) is 0 Å². The average Bonchev–Trinajstić information content (AvgIpc) is 1.59. The Morgan fingerprint density at radius 1 is 0.657 bits per heavy atom. The molecule has 0 spiro atoms. The summed E-state index contributed by atoms with van der Waals surface area (Å²) in [4.78, 5) is 56.1. The monoisotopic (exact) mass is 1440 g/mol. The van der Waals surface area contributed by atoms with E-state index in [1.165, 1.54) is 6.29 Å². The first-order valence-electron chi connectivity index (χ1n) is 39.3. The molecule has 23 heteroatoms. The second kappa shape index (κ2) is 32.6. The topological polar surface area (TPSA) is 294 Å². The Bertz CT molecular complexity index is 2670. The molecule has 4 aliphatic carbocycles. The van der Waals surface area contributed by atoms with E-state index in [9.17, 15) is 39.9 Å². The lowest BCUT2D eigenvalue weighted by molar-refractivity contribution is -0.469. The Hall–Kier alpha value is -2.05. The van der Waals surface area contributed by atoms with Gasteiger partial charge >= 0.3 is 11.9 Å². The van der Waals surface area contributed by atoms with E-state index < -0.39 is 149 Å². The van der Waals surface area contributed by atoms with Gasteiger partial charge in [-0.15, -0.1) is 0 Å². The number of hydrogen-bond acceptors (Lipinski definition) is 19. The largest absolute Gasteiger partial charge is 0.481 e. The van der Waals surface area contributed by atoms with Crippen LogP contribution in [-0.4, -0.2) is 194 Å². The molecule has 570 valence electrons. The van der Waals surface area contributed by atoms with Gasteiger partial charge in [0.15, 0.2) is 40.9 Å². The van der Waals surface area contributed by atoms with Gasteiger partial charge in [0, 0.05) is 12.8 Å². The summed E-state index contributed by atoms with van der Waals surface area (Å²) in [6.45, 7) is 31.8. The summed E-state index contributed by atoms with van der Waals surface area (Å²) in [7, 11) is -4.58. The highest BCUT2D eigenvalue weighted by Crippen LogP contribution is 2.68. The van der Waals surface area contributed by atoms with Crippen LogP contribution in [-0.2, 0) is 65.9 Å². The van der Waals surface area contributed by atoms with Gasteiger partial charge in [-0.05, 0) is 174 Å². The smallest absolute Gasteiger partial charge is 0.317 e. The molecule has 5 saturated heterocycles. The highest BCUT2D eigenvalue weighted by molar-refractivity contribution is 6.74. The third-order valence-corrected chi connectivity index (χ3v) is 37.1. The van der Waals surface area contributed by atoms with E-state index in [1.807, 2.05) is 0 Å². The van der Waals surface area contributed by atoms with E-state index in [4.69, 9.17) is 51.9 Å². The number of amides is 1. The Balaban J connectivity index is 1.08. The maximum absolute atomic E-state index is 17.5. The molecular weight excluding hydrogens is 1300 g/mol. The van der Waals surface area contributed by atoms with Gasteiger partial charge in [-0.2, -0.15) is 0 Å². The second-order valence-electron chi connectivity index (χ2n) is 34.3. The van der Waals surface area contributed by atoms with Crippen LogP contribution in [0, 0.1) is 50.7 Å². The average molecular weight is 1440 g/mol. The first-order valence-corrected chi connectivity index (χ1v) is 44.4. The molecular formula is C76H133NO20Si2. The van der Waals surface area contributed by atoms with Crippen molar-refractivity contribution in [2.24, 2.45) is 50.7 Å². The zero-order chi connectivity index (χ0) is 72.5. The SMILES string of the molecule is CC[C@]1(C)C[C@H](O[Si](CC)(CC)CC)[C@@]2(C(=O)OC3([C@@H]4O[C@H](C)[C@H](O[C@@H]5OC[C@@H](O)C(O)C5O)C5OC(C)(C)OC54)OC4C(O)[C@@H](NC(=O)CCCCCCCCCCC(=O)O)[C@@H](CO)O[C@H]43)CCC(C)(C)CC2C1CCC1CCC[C@@H]2C1(C)CC[C@H](O[Si](CC)(CC)CC)[C@]2(C)C=O. The molecule has 9 fully saturated rings. The van der Waals surface area contributed by atoms with Crippen molar-refractivity contribution in [3.63, 3.8) is 0 Å². The van der Waals surface area contributed by atoms with Crippen molar-refractivity contribution in [1.82, 2.24) is 5.32 Å². The summed E-state index contributed by atoms with van der Waals surface area (Å²) in [5.74, 6) is -4.86. The number of aliphatic carboxylic acids is 1. The highest BCUT2D eigenvalue weighted by Gasteiger charge is 2.77. The van der Waals surface area contributed by atoms with E-state index in [1.54, 1.807) is 20.8 Å². The summed E-state index contributed by atoms with van der Waals surface area (Å²) in [6.07, 6.45) is 1.09. The van der Waals surface area contributed by atoms with Gasteiger partial charge in [0.05, 0.1) is 48.4 Å². The minimum absolute atomic E-state index is 0.0307. The third-order valence-electron chi connectivity index (χ3n) is 27.8. The van der Waals surface area contributed by atoms with Crippen molar-refractivity contribution in [3.8, 4) is 0 Å². The number of nitrogens with one attached hydrogen (secondary N) is 1. The summed E-state index contributed by atoms with van der Waals surface area (Å²) < 4.78 is 70.1. The molecule has 7 N–H and O–H groups in total. The van der Waals surface area contributed by atoms with E-state index in [-0.39, 0.29) is 65.5 Å². The van der Waals surface area contributed by atoms with Crippen molar-refractivity contribution in [3.05, 3.63) is 0 Å². The molecule has 11 unspecified atom stereocenters. The van der Waals surface area contributed by atoms with Crippen LogP contribution in [0.5, 0.6) is 0 Å². The summed E-state index contributed by atoms with van der Waals surface area (Å²) >= 11 is 0. The van der Waals surface area contributed by atoms with Gasteiger partial charge in [-0.3, -0.25) is 14.4 Å². The molecule has 25 atom stereocenters. The normalized spacial score (nSPS) is 42.6. The molecule has 9 rings (SSSR count). The molecule has 0 bridgehead atoms. The minimum Gasteiger partial charge on any atom is -0.481 e. The van der Waals surface area contributed by atoms with Gasteiger partial charge in [-0.25, -0.2) is 0 Å². The molecule has 4 saturated carbocycles. The van der Waals surface area contributed by atoms with Crippen LogP contribution < -0.4 is 5.32 Å². The number of aliphatic hydroxyl groups excluding tert-OH is 5. The maximum Gasteiger partial charge on any atom is 0.317 e. The van der Waals surface area contributed by atoms with Crippen molar-refractivity contribution in [2.45, 2.75) is 391 Å². The zero-order valence-electron chi connectivity index (χ0n) is 63.2. The number of aldehydes is 1. The van der Waals surface area contributed by atoms with Gasteiger partial charge in [0.2, 0.25) is 5.91 Å². The fourth-order valence-corrected chi connectivity index (χ4v) is 26.8. The lowest BCUT2D eigenvalue weighted by Crippen LogP contribution is -2.84. The summed E-state index contributed by atoms with van der Waals surface area (Å²) in [5.41, 5.74) is -2.42. The van der Waals surface area contributed by atoms with Crippen LogP contribution in [0.25, 0.3) is 0 Å². The molecule has 21 nitrogen and oxygen atoms in total. The van der Waals surface area contributed by atoms with E-state index in [0.29, 0.717) is 38.0 Å². The van der Waals surface area contributed by atoms with Gasteiger partial charge < -0.3 is 87.5 Å². The minimum atomic E-state index is -2.53. The molecule has 5 heterocycles. The summed E-state index contributed by atoms with van der Waals surface area (Å²) in [5, 5.41) is 68.5. The Morgan fingerprint density at radius 2 is 1.25 bits per heavy atom. The molecule has 5 aliphatic heterocycles. The number of ether oxygens (including phenoxy) is 8. The van der Waals surface area contributed by atoms with E-state index in [0.717, 1.165) is 133 Å². The number of esters is 1. The first kappa shape index (κ1) is 81.0. The van der Waals surface area contributed by atoms with Gasteiger partial charge in [0.1, 0.15) is 61.2 Å². The number of aliphatic hydroxyl groups is 5. The standard InChI is InChI=1S/C76H133NO20Si2/c1-16-72(13)43-55(97-99(20-5,21-6)22-7)75(41-40-70(9,10)42-50(75)49(72)37-36-48-32-31-33-53-73(48,14)39-38-54(74(53,15)46-79)96-98(17-2,18-3)19-4)69(87)95-76(67-65-64(92-71(11,12)93-65)62(47(8)89-67)91-68-61(86)59(84)51(80)45-88-68)66-63(94-76)60(85)58(52(44-78)90-66)77-56(81)34-29-27-25-23-24-26-28-30-35-57(82)83/h46-55,58-68,78,80,84-86H,16-45H2,1-15H3,(H,77,81)(H,82,83)/t47-,48?,49?,50?,51-,52-,53-,54+,55+,58+,59?,60?,61?,62+,63?,64?,65?,66-,67-,68+,72-,73?,74-,75-,76?/m1/s1. The Kier molecular flexibility index (Phi) is 26.7. The number of fused-ring (bicyclic) bond motifs is 4. The van der Waals surface area contributed by atoms with Gasteiger partial charge in [0.25, 0.3) is 5.79 Å². The van der Waals surface area contributed by atoms with E-state index >= 15 is 4.79 Å².